The highest BCUT2D eigenvalue weighted by Crippen LogP contribution is 2.36. The highest BCUT2D eigenvalue weighted by Gasteiger charge is 2.28. The summed E-state index contributed by atoms with van der Waals surface area (Å²) in [5.41, 5.74) is 4.79. The quantitative estimate of drug-likeness (QED) is 0.197. The molecule has 4 rings (SSSR count). The fourth-order valence-corrected chi connectivity index (χ4v) is 4.80. The van der Waals surface area contributed by atoms with Crippen LogP contribution in [-0.4, -0.2) is 45.7 Å². The second kappa shape index (κ2) is 12.7. The summed E-state index contributed by atoms with van der Waals surface area (Å²) in [5, 5.41) is 8.42. The molecule has 0 aliphatic heterocycles. The molecule has 6 heteroatoms. The van der Waals surface area contributed by atoms with Crippen molar-refractivity contribution in [2.75, 3.05) is 28.4 Å². The largest absolute Gasteiger partial charge is 0.493 e. The molecule has 202 valence electrons. The van der Waals surface area contributed by atoms with E-state index >= 15 is 0 Å². The van der Waals surface area contributed by atoms with Crippen LogP contribution in [0.4, 0.5) is 0 Å². The Hall–Kier alpha value is -4.00. The second-order valence-electron chi connectivity index (χ2n) is 9.48. The molecule has 39 heavy (non-hydrogen) atoms. The van der Waals surface area contributed by atoms with Crippen LogP contribution in [0.25, 0.3) is 11.6 Å². The van der Waals surface area contributed by atoms with Crippen LogP contribution in [0.3, 0.4) is 0 Å². The van der Waals surface area contributed by atoms with Gasteiger partial charge in [-0.05, 0) is 53.0 Å². The molecular formula is C33H35NO5. The van der Waals surface area contributed by atoms with E-state index in [4.69, 9.17) is 24.4 Å². The molecule has 0 aromatic heterocycles. The van der Waals surface area contributed by atoms with Gasteiger partial charge in [-0.1, -0.05) is 66.8 Å². The Kier molecular flexibility index (Phi) is 9.12. The third kappa shape index (κ3) is 6.53. The average Bonchev–Trinajstić information content (AvgIpc) is 2.98. The van der Waals surface area contributed by atoms with Gasteiger partial charge in [0.2, 0.25) is 0 Å². The molecule has 0 spiro atoms. The van der Waals surface area contributed by atoms with Gasteiger partial charge in [0.1, 0.15) is 0 Å². The third-order valence-corrected chi connectivity index (χ3v) is 7.16. The summed E-state index contributed by atoms with van der Waals surface area (Å²) >= 11 is 0. The first-order chi connectivity index (χ1) is 18.9. The first kappa shape index (κ1) is 28.0. The van der Waals surface area contributed by atoms with E-state index in [1.165, 1.54) is 0 Å². The van der Waals surface area contributed by atoms with Crippen LogP contribution in [0.15, 0.2) is 90.6 Å². The van der Waals surface area contributed by atoms with Crippen LogP contribution in [0.5, 0.6) is 11.5 Å². The van der Waals surface area contributed by atoms with Gasteiger partial charge in [0, 0.05) is 44.3 Å². The van der Waals surface area contributed by atoms with E-state index in [9.17, 15) is 4.79 Å². The van der Waals surface area contributed by atoms with E-state index in [2.05, 4.69) is 12.1 Å². The highest BCUT2D eigenvalue weighted by atomic mass is 16.7. The molecule has 0 radical (unpaired) electrons. The molecule has 0 saturated carbocycles. The van der Waals surface area contributed by atoms with Gasteiger partial charge >= 0.3 is 0 Å². The molecule has 0 heterocycles. The number of ketones is 1. The molecule has 0 amide bonds. The summed E-state index contributed by atoms with van der Waals surface area (Å²) in [6, 6.07) is 13.7. The zero-order valence-electron chi connectivity index (χ0n) is 22.9. The molecule has 6 nitrogen and oxygen atoms in total. The number of allylic oxidation sites excluding steroid dienone is 7. The Morgan fingerprint density at radius 3 is 2.33 bits per heavy atom. The fourth-order valence-electron chi connectivity index (χ4n) is 4.80. The van der Waals surface area contributed by atoms with Crippen molar-refractivity contribution < 1.29 is 23.7 Å². The molecule has 2 aromatic carbocycles. The van der Waals surface area contributed by atoms with Crippen LogP contribution in [0.2, 0.25) is 0 Å². The first-order valence-electron chi connectivity index (χ1n) is 12.9. The summed E-state index contributed by atoms with van der Waals surface area (Å²) in [5.74, 6) is 0.140. The number of nitrogens with one attached hydrogen (secondary N) is 1. The third-order valence-electron chi connectivity index (χ3n) is 7.16. The number of benzene rings is 2. The van der Waals surface area contributed by atoms with E-state index in [0.717, 1.165) is 22.3 Å². The molecule has 1 N–H and O–H groups in total. The van der Waals surface area contributed by atoms with Gasteiger partial charge in [-0.25, -0.2) is 0 Å². The normalized spacial score (nSPS) is 18.2. The van der Waals surface area contributed by atoms with Gasteiger partial charge in [0.25, 0.3) is 0 Å². The monoisotopic (exact) mass is 525 g/mol. The predicted molar refractivity (Wildman–Crippen MR) is 156 cm³/mol. The Labute approximate surface area is 230 Å². The van der Waals surface area contributed by atoms with Crippen molar-refractivity contribution in [2.24, 2.45) is 5.92 Å². The smallest absolute Gasteiger partial charge is 0.190 e. The Morgan fingerprint density at radius 2 is 1.72 bits per heavy atom. The summed E-state index contributed by atoms with van der Waals surface area (Å²) in [6.07, 6.45) is 16.8. The Morgan fingerprint density at radius 1 is 1.00 bits per heavy atom. The summed E-state index contributed by atoms with van der Waals surface area (Å²) in [6.45, 7) is 0. The Balaban J connectivity index is 1.74. The SMILES string of the molecule is COc1cc(C=C(CC2C=CC=CC2=N)c2ccccc2)c(C(=O)CC2=CCC(OC)(OC)C=C2)cc1OC. The van der Waals surface area contributed by atoms with Gasteiger partial charge in [-0.15, -0.1) is 0 Å². The predicted octanol–water partition coefficient (Wildman–Crippen LogP) is 6.84. The van der Waals surface area contributed by atoms with Crippen molar-refractivity contribution in [3.05, 3.63) is 107 Å². The summed E-state index contributed by atoms with van der Waals surface area (Å²) in [7, 11) is 6.35. The van der Waals surface area contributed by atoms with Gasteiger partial charge in [0.15, 0.2) is 23.1 Å². The van der Waals surface area contributed by atoms with E-state index in [0.29, 0.717) is 35.6 Å². The van der Waals surface area contributed by atoms with Gasteiger partial charge in [-0.3, -0.25) is 4.79 Å². The number of carbonyl (C=O) groups is 1. The minimum absolute atomic E-state index is 0.0407. The molecular weight excluding hydrogens is 490 g/mol. The number of Topliss-reactive ketones (excluding diaryl/α,β-unsaturated/α-hetero) is 1. The van der Waals surface area contributed by atoms with Crippen molar-refractivity contribution in [2.45, 2.75) is 25.0 Å². The zero-order valence-corrected chi connectivity index (χ0v) is 22.9. The van der Waals surface area contributed by atoms with Crippen LogP contribution in [-0.2, 0) is 9.47 Å². The van der Waals surface area contributed by atoms with Gasteiger partial charge in [-0.2, -0.15) is 0 Å². The highest BCUT2D eigenvalue weighted by molar-refractivity contribution is 6.04. The van der Waals surface area contributed by atoms with Crippen LogP contribution in [0, 0.1) is 11.3 Å². The average molecular weight is 526 g/mol. The first-order valence-corrected chi connectivity index (χ1v) is 12.9. The molecule has 2 aliphatic carbocycles. The molecule has 0 fully saturated rings. The zero-order chi connectivity index (χ0) is 27.8. The molecule has 2 aromatic rings. The van der Waals surface area contributed by atoms with Crippen molar-refractivity contribution in [1.29, 1.82) is 5.41 Å². The molecule has 1 atom stereocenters. The number of ether oxygens (including phenoxy) is 4. The minimum atomic E-state index is -0.801. The van der Waals surface area contributed by atoms with E-state index < -0.39 is 5.79 Å². The number of carbonyl (C=O) groups excluding carboxylic acids is 1. The van der Waals surface area contributed by atoms with Crippen LogP contribution in [0.1, 0.15) is 40.7 Å². The van der Waals surface area contributed by atoms with Crippen LogP contribution < -0.4 is 9.47 Å². The maximum atomic E-state index is 13.7. The maximum Gasteiger partial charge on any atom is 0.190 e. The van der Waals surface area contributed by atoms with E-state index in [1.807, 2.05) is 72.9 Å². The molecule has 0 saturated heterocycles. The number of hydrogen-bond acceptors (Lipinski definition) is 6. The van der Waals surface area contributed by atoms with Crippen molar-refractivity contribution in [1.82, 2.24) is 0 Å². The maximum absolute atomic E-state index is 13.7. The molecule has 1 unspecified atom stereocenters. The lowest BCUT2D eigenvalue weighted by atomic mass is 9.86. The van der Waals surface area contributed by atoms with Gasteiger partial charge in [0.05, 0.1) is 14.2 Å². The van der Waals surface area contributed by atoms with Crippen molar-refractivity contribution in [3.8, 4) is 11.5 Å². The molecule has 2 aliphatic rings. The van der Waals surface area contributed by atoms with Crippen molar-refractivity contribution >= 4 is 23.1 Å². The van der Waals surface area contributed by atoms with Gasteiger partial charge < -0.3 is 24.4 Å². The topological polar surface area (TPSA) is 77.8 Å². The second-order valence-corrected chi connectivity index (χ2v) is 9.48. The fraction of sp³-hybridized carbons (Fsp3) is 0.273. The van der Waals surface area contributed by atoms with Crippen LogP contribution >= 0.6 is 0 Å². The van der Waals surface area contributed by atoms with E-state index in [-0.39, 0.29) is 18.1 Å². The number of hydrogen-bond donors (Lipinski definition) is 1. The summed E-state index contributed by atoms with van der Waals surface area (Å²) < 4.78 is 22.1. The minimum Gasteiger partial charge on any atom is -0.493 e. The lowest BCUT2D eigenvalue weighted by molar-refractivity contribution is -0.167. The number of rotatable bonds is 11. The Bertz CT molecular complexity index is 1360. The van der Waals surface area contributed by atoms with E-state index in [1.54, 1.807) is 34.5 Å². The lowest BCUT2D eigenvalue weighted by Gasteiger charge is -2.29. The summed E-state index contributed by atoms with van der Waals surface area (Å²) in [4.78, 5) is 13.7. The number of methoxy groups -OCH3 is 4. The van der Waals surface area contributed by atoms with Crippen molar-refractivity contribution in [3.63, 3.8) is 0 Å². The standard InChI is InChI=1S/C33H35NO5/c1-36-31-21-27(20-26(24-10-6-5-7-11-24)19-25-12-8-9-13-29(25)34)28(22-32(31)37-2)30(35)18-23-14-16-33(38-3,39-4)17-15-23/h5-16,20-22,25,34H,17-19H2,1-4H3. The lowest BCUT2D eigenvalue weighted by Crippen LogP contribution is -2.32. The molecule has 0 bridgehead atoms.